The predicted octanol–water partition coefficient (Wildman–Crippen LogP) is 1.08. The Kier molecular flexibility index (Phi) is 6.18. The van der Waals surface area contributed by atoms with Gasteiger partial charge in [0, 0.05) is 32.1 Å². The van der Waals surface area contributed by atoms with Gasteiger partial charge in [-0.1, -0.05) is 6.07 Å². The average molecular weight is 371 g/mol. The van der Waals surface area contributed by atoms with Crippen LogP contribution in [0.15, 0.2) is 30.6 Å². The lowest BCUT2D eigenvalue weighted by Gasteiger charge is -2.33. The number of amides is 2. The van der Waals surface area contributed by atoms with Crippen LogP contribution >= 0.6 is 0 Å². The highest BCUT2D eigenvalue weighted by Gasteiger charge is 2.29. The molecule has 3 heterocycles. The fourth-order valence-corrected chi connectivity index (χ4v) is 3.16. The summed E-state index contributed by atoms with van der Waals surface area (Å²) < 4.78 is 7.25. The molecule has 0 radical (unpaired) electrons. The van der Waals surface area contributed by atoms with Crippen LogP contribution in [-0.4, -0.2) is 51.0 Å². The molecule has 0 saturated heterocycles. The van der Waals surface area contributed by atoms with Gasteiger partial charge < -0.3 is 19.5 Å². The van der Waals surface area contributed by atoms with Crippen LogP contribution in [0.1, 0.15) is 37.1 Å². The van der Waals surface area contributed by atoms with Gasteiger partial charge in [0.15, 0.2) is 0 Å². The Morgan fingerprint density at radius 1 is 1.30 bits per heavy atom. The number of nitrogens with one attached hydrogen (secondary N) is 1. The lowest BCUT2D eigenvalue weighted by molar-refractivity contribution is -0.139. The number of hydrogen-bond donors (Lipinski definition) is 1. The Hall–Kier alpha value is -2.74. The predicted molar refractivity (Wildman–Crippen MR) is 98.6 cm³/mol. The normalized spacial score (nSPS) is 16.1. The van der Waals surface area contributed by atoms with Gasteiger partial charge in [-0.3, -0.25) is 14.6 Å². The molecule has 3 rings (SSSR count). The van der Waals surface area contributed by atoms with Crippen LogP contribution in [-0.2, 0) is 33.8 Å². The summed E-state index contributed by atoms with van der Waals surface area (Å²) in [6, 6.07) is 5.45. The second-order valence-electron chi connectivity index (χ2n) is 6.46. The molecule has 0 aromatic carbocycles. The van der Waals surface area contributed by atoms with E-state index in [0.29, 0.717) is 31.9 Å². The molecule has 0 aliphatic carbocycles. The van der Waals surface area contributed by atoms with E-state index in [9.17, 15) is 9.59 Å². The van der Waals surface area contributed by atoms with E-state index in [1.165, 1.54) is 0 Å². The summed E-state index contributed by atoms with van der Waals surface area (Å²) in [4.78, 5) is 35.0. The van der Waals surface area contributed by atoms with Crippen molar-refractivity contribution in [1.29, 1.82) is 0 Å². The molecule has 0 saturated carbocycles. The Balaban J connectivity index is 1.58. The number of aromatic nitrogens is 3. The van der Waals surface area contributed by atoms with Gasteiger partial charge in [0.1, 0.15) is 12.4 Å². The minimum atomic E-state index is -0.142. The zero-order valence-corrected chi connectivity index (χ0v) is 15.7. The first-order chi connectivity index (χ1) is 13.1. The number of carbonyl (C=O) groups is 2. The largest absolute Gasteiger partial charge is 0.372 e. The first-order valence-corrected chi connectivity index (χ1v) is 9.18. The van der Waals surface area contributed by atoms with E-state index in [2.05, 4.69) is 15.3 Å². The van der Waals surface area contributed by atoms with Gasteiger partial charge in [0.2, 0.25) is 11.8 Å². The highest BCUT2D eigenvalue weighted by atomic mass is 16.5. The molecule has 8 nitrogen and oxygen atoms in total. The van der Waals surface area contributed by atoms with Crippen molar-refractivity contribution in [3.8, 4) is 0 Å². The summed E-state index contributed by atoms with van der Waals surface area (Å²) in [6.07, 6.45) is 3.80. The van der Waals surface area contributed by atoms with Gasteiger partial charge in [-0.25, -0.2) is 4.98 Å². The Morgan fingerprint density at radius 3 is 2.89 bits per heavy atom. The Morgan fingerprint density at radius 2 is 2.15 bits per heavy atom. The van der Waals surface area contributed by atoms with Gasteiger partial charge in [-0.15, -0.1) is 0 Å². The van der Waals surface area contributed by atoms with Crippen LogP contribution in [0.5, 0.6) is 0 Å². The van der Waals surface area contributed by atoms with Crippen molar-refractivity contribution in [3.05, 3.63) is 47.8 Å². The second kappa shape index (κ2) is 8.77. The molecule has 144 valence electrons. The molecule has 2 amide bonds. The molecule has 1 unspecified atom stereocenters. The molecular weight excluding hydrogens is 346 g/mol. The quantitative estimate of drug-likeness (QED) is 0.787. The smallest absolute Gasteiger partial charge is 0.249 e. The zero-order valence-electron chi connectivity index (χ0n) is 15.7. The van der Waals surface area contributed by atoms with E-state index in [0.717, 1.165) is 11.5 Å². The van der Waals surface area contributed by atoms with Crippen molar-refractivity contribution < 1.29 is 14.3 Å². The maximum absolute atomic E-state index is 12.3. The molecule has 1 aliphatic rings. The van der Waals surface area contributed by atoms with E-state index >= 15 is 0 Å². The van der Waals surface area contributed by atoms with Gasteiger partial charge >= 0.3 is 0 Å². The molecule has 1 N–H and O–H groups in total. The van der Waals surface area contributed by atoms with Crippen LogP contribution in [0.3, 0.4) is 0 Å². The number of carbonyl (C=O) groups excluding carboxylic acids is 2. The number of hydrogen-bond acceptors (Lipinski definition) is 5. The summed E-state index contributed by atoms with van der Waals surface area (Å²) >= 11 is 0. The zero-order chi connectivity index (χ0) is 19.2. The Bertz CT molecular complexity index is 790. The highest BCUT2D eigenvalue weighted by Crippen LogP contribution is 2.24. The number of nitrogens with zero attached hydrogens (tertiary/aromatic N) is 4. The number of pyridine rings is 1. The van der Waals surface area contributed by atoms with E-state index in [1.54, 1.807) is 11.1 Å². The molecule has 0 spiro atoms. The summed E-state index contributed by atoms with van der Waals surface area (Å²) in [6.45, 7) is 6.09. The number of fused-ring (bicyclic) bond motifs is 1. The van der Waals surface area contributed by atoms with Crippen LogP contribution in [0, 0.1) is 0 Å². The van der Waals surface area contributed by atoms with Gasteiger partial charge in [-0.05, 0) is 26.0 Å². The molecule has 0 fully saturated rings. The SMILES string of the molecule is CCOCC(=O)N1CCn2cc(CC(=O)NCc3ccccn3)nc2C1C. The van der Waals surface area contributed by atoms with Gasteiger partial charge in [0.25, 0.3) is 0 Å². The molecule has 2 aromatic rings. The number of rotatable bonds is 7. The van der Waals surface area contributed by atoms with Crippen LogP contribution < -0.4 is 5.32 Å². The van der Waals surface area contributed by atoms with Crippen molar-refractivity contribution in [1.82, 2.24) is 24.8 Å². The summed E-state index contributed by atoms with van der Waals surface area (Å²) in [5, 5.41) is 2.86. The summed E-state index contributed by atoms with van der Waals surface area (Å²) in [5.74, 6) is 0.667. The molecule has 1 aliphatic heterocycles. The van der Waals surface area contributed by atoms with E-state index in [1.807, 2.05) is 42.8 Å². The van der Waals surface area contributed by atoms with Crippen molar-refractivity contribution in [2.24, 2.45) is 0 Å². The first kappa shape index (κ1) is 19.0. The van der Waals surface area contributed by atoms with Gasteiger partial charge in [0.05, 0.1) is 30.4 Å². The van der Waals surface area contributed by atoms with Crippen molar-refractivity contribution in [2.75, 3.05) is 19.8 Å². The second-order valence-corrected chi connectivity index (χ2v) is 6.46. The maximum Gasteiger partial charge on any atom is 0.249 e. The van der Waals surface area contributed by atoms with Crippen molar-refractivity contribution in [2.45, 2.75) is 39.4 Å². The van der Waals surface area contributed by atoms with E-state index in [-0.39, 0.29) is 30.9 Å². The standard InChI is InChI=1S/C19H25N5O3/c1-3-27-13-18(26)24-9-8-23-12-16(22-19(23)14(24)2)10-17(25)21-11-15-6-4-5-7-20-15/h4-7,12,14H,3,8-11,13H2,1-2H3,(H,21,25). The van der Waals surface area contributed by atoms with E-state index in [4.69, 9.17) is 4.74 Å². The molecule has 2 aromatic heterocycles. The minimum Gasteiger partial charge on any atom is -0.372 e. The van der Waals surface area contributed by atoms with Crippen LogP contribution in [0.25, 0.3) is 0 Å². The highest BCUT2D eigenvalue weighted by molar-refractivity contribution is 5.78. The summed E-state index contributed by atoms with van der Waals surface area (Å²) in [7, 11) is 0. The lowest BCUT2D eigenvalue weighted by atomic mass is 10.2. The van der Waals surface area contributed by atoms with Crippen LogP contribution in [0.2, 0.25) is 0 Å². The number of imidazole rings is 1. The average Bonchev–Trinajstić information content (AvgIpc) is 3.09. The molecule has 27 heavy (non-hydrogen) atoms. The topological polar surface area (TPSA) is 89.4 Å². The van der Waals surface area contributed by atoms with Gasteiger partial charge in [-0.2, -0.15) is 0 Å². The third kappa shape index (κ3) is 4.71. The third-order valence-corrected chi connectivity index (χ3v) is 4.56. The fourth-order valence-electron chi connectivity index (χ4n) is 3.16. The van der Waals surface area contributed by atoms with Crippen molar-refractivity contribution >= 4 is 11.8 Å². The lowest BCUT2D eigenvalue weighted by Crippen LogP contribution is -2.42. The summed E-state index contributed by atoms with van der Waals surface area (Å²) in [5.41, 5.74) is 1.52. The molecule has 0 bridgehead atoms. The van der Waals surface area contributed by atoms with E-state index < -0.39 is 0 Å². The molecular formula is C19H25N5O3. The molecule has 8 heteroatoms. The molecule has 1 atom stereocenters. The fraction of sp³-hybridized carbons (Fsp3) is 0.474. The maximum atomic E-state index is 12.3. The monoisotopic (exact) mass is 371 g/mol. The number of ether oxygens (including phenoxy) is 1. The van der Waals surface area contributed by atoms with Crippen LogP contribution in [0.4, 0.5) is 0 Å². The first-order valence-electron chi connectivity index (χ1n) is 9.18. The minimum absolute atomic E-state index is 0.0340. The van der Waals surface area contributed by atoms with Crippen molar-refractivity contribution in [3.63, 3.8) is 0 Å². The third-order valence-electron chi connectivity index (χ3n) is 4.56. The Labute approximate surface area is 158 Å².